The normalized spacial score (nSPS) is 13.8. The van der Waals surface area contributed by atoms with E-state index in [-0.39, 0.29) is 11.3 Å². The van der Waals surface area contributed by atoms with Gasteiger partial charge < -0.3 is 10.2 Å². The van der Waals surface area contributed by atoms with E-state index >= 15 is 0 Å². The van der Waals surface area contributed by atoms with Gasteiger partial charge in [0.15, 0.2) is 0 Å². The van der Waals surface area contributed by atoms with Crippen molar-refractivity contribution in [3.05, 3.63) is 59.7 Å². The SMILES string of the molecule is CC(C)(C)c1ccccc1NC(=O)CN1CCc2ccccc21. The maximum atomic E-state index is 12.5. The number of fused-ring (bicyclic) bond motifs is 1. The number of rotatable bonds is 3. The Kier molecular flexibility index (Phi) is 4.12. The van der Waals surface area contributed by atoms with Gasteiger partial charge >= 0.3 is 0 Å². The summed E-state index contributed by atoms with van der Waals surface area (Å²) in [6.45, 7) is 7.79. The molecular weight excluding hydrogens is 284 g/mol. The third-order valence-corrected chi connectivity index (χ3v) is 4.33. The van der Waals surface area contributed by atoms with Crippen LogP contribution in [0.1, 0.15) is 31.9 Å². The molecule has 1 heterocycles. The van der Waals surface area contributed by atoms with Gasteiger partial charge in [0.1, 0.15) is 0 Å². The summed E-state index contributed by atoms with van der Waals surface area (Å²) in [7, 11) is 0. The Morgan fingerprint density at radius 1 is 1.09 bits per heavy atom. The van der Waals surface area contributed by atoms with E-state index in [0.29, 0.717) is 6.54 Å². The number of para-hydroxylation sites is 2. The minimum Gasteiger partial charge on any atom is -0.362 e. The molecule has 1 aliphatic rings. The summed E-state index contributed by atoms with van der Waals surface area (Å²) >= 11 is 0. The highest BCUT2D eigenvalue weighted by molar-refractivity contribution is 5.95. The highest BCUT2D eigenvalue weighted by Gasteiger charge is 2.22. The molecule has 2 aromatic carbocycles. The highest BCUT2D eigenvalue weighted by atomic mass is 16.2. The molecular formula is C20H24N2O. The Balaban J connectivity index is 1.72. The average Bonchev–Trinajstić information content (AvgIpc) is 2.90. The van der Waals surface area contributed by atoms with Crippen LogP contribution in [0.3, 0.4) is 0 Å². The molecule has 120 valence electrons. The van der Waals surface area contributed by atoms with Gasteiger partial charge in [-0.15, -0.1) is 0 Å². The molecule has 2 aromatic rings. The topological polar surface area (TPSA) is 32.3 Å². The van der Waals surface area contributed by atoms with E-state index in [1.54, 1.807) is 0 Å². The molecule has 23 heavy (non-hydrogen) atoms. The van der Waals surface area contributed by atoms with Crippen molar-refractivity contribution in [3.63, 3.8) is 0 Å². The summed E-state index contributed by atoms with van der Waals surface area (Å²) in [6.07, 6.45) is 1.02. The molecule has 0 unspecified atom stereocenters. The molecule has 3 heteroatoms. The van der Waals surface area contributed by atoms with Crippen LogP contribution in [-0.4, -0.2) is 19.0 Å². The number of amides is 1. The van der Waals surface area contributed by atoms with Gasteiger partial charge in [0, 0.05) is 17.9 Å². The summed E-state index contributed by atoms with van der Waals surface area (Å²) in [5.41, 5.74) is 4.60. The molecule has 0 aromatic heterocycles. The lowest BCUT2D eigenvalue weighted by Gasteiger charge is -2.24. The number of anilines is 2. The first kappa shape index (κ1) is 15.6. The van der Waals surface area contributed by atoms with Crippen LogP contribution >= 0.6 is 0 Å². The third kappa shape index (κ3) is 3.39. The first-order valence-corrected chi connectivity index (χ1v) is 8.17. The van der Waals surface area contributed by atoms with Crippen molar-refractivity contribution in [2.45, 2.75) is 32.6 Å². The molecule has 0 fully saturated rings. The lowest BCUT2D eigenvalue weighted by molar-refractivity contribution is -0.115. The largest absolute Gasteiger partial charge is 0.362 e. The Hall–Kier alpha value is -2.29. The monoisotopic (exact) mass is 308 g/mol. The lowest BCUT2D eigenvalue weighted by Crippen LogP contribution is -2.32. The molecule has 1 amide bonds. The van der Waals surface area contributed by atoms with Crippen molar-refractivity contribution < 1.29 is 4.79 Å². The quantitative estimate of drug-likeness (QED) is 0.930. The molecule has 0 atom stereocenters. The summed E-state index contributed by atoms with van der Waals surface area (Å²) in [6, 6.07) is 16.4. The van der Waals surface area contributed by atoms with E-state index in [2.05, 4.69) is 55.3 Å². The standard InChI is InChI=1S/C20H24N2O/c1-20(2,3)16-9-5-6-10-17(16)21-19(23)14-22-13-12-15-8-4-7-11-18(15)22/h4-11H,12-14H2,1-3H3,(H,21,23). The van der Waals surface area contributed by atoms with E-state index in [0.717, 1.165) is 24.2 Å². The van der Waals surface area contributed by atoms with Crippen molar-refractivity contribution in [3.8, 4) is 0 Å². The van der Waals surface area contributed by atoms with Crippen molar-refractivity contribution in [1.29, 1.82) is 0 Å². The summed E-state index contributed by atoms with van der Waals surface area (Å²) in [5.74, 6) is 0.0402. The van der Waals surface area contributed by atoms with Gasteiger partial charge in [0.2, 0.25) is 5.91 Å². The van der Waals surface area contributed by atoms with Crippen molar-refractivity contribution in [1.82, 2.24) is 0 Å². The molecule has 3 nitrogen and oxygen atoms in total. The van der Waals surface area contributed by atoms with Gasteiger partial charge in [0.25, 0.3) is 0 Å². The minimum atomic E-state index is 0.00408. The Labute approximate surface area is 138 Å². The summed E-state index contributed by atoms with van der Waals surface area (Å²) in [5, 5.41) is 3.09. The first-order valence-electron chi connectivity index (χ1n) is 8.17. The number of nitrogens with one attached hydrogen (secondary N) is 1. The van der Waals surface area contributed by atoms with Crippen LogP contribution in [0.4, 0.5) is 11.4 Å². The zero-order valence-electron chi connectivity index (χ0n) is 14.1. The van der Waals surface area contributed by atoms with Crippen molar-refractivity contribution in [2.24, 2.45) is 0 Å². The van der Waals surface area contributed by atoms with Crippen LogP contribution in [0, 0.1) is 0 Å². The molecule has 1 aliphatic heterocycles. The van der Waals surface area contributed by atoms with Gasteiger partial charge in [-0.1, -0.05) is 57.2 Å². The van der Waals surface area contributed by atoms with Crippen molar-refractivity contribution in [2.75, 3.05) is 23.3 Å². The third-order valence-electron chi connectivity index (χ3n) is 4.33. The molecule has 0 spiro atoms. The van der Waals surface area contributed by atoms with Gasteiger partial charge in [-0.2, -0.15) is 0 Å². The molecule has 3 rings (SSSR count). The fourth-order valence-electron chi connectivity index (χ4n) is 3.18. The number of nitrogens with zero attached hydrogens (tertiary/aromatic N) is 1. The van der Waals surface area contributed by atoms with E-state index in [1.807, 2.05) is 24.3 Å². The minimum absolute atomic E-state index is 0.00408. The van der Waals surface area contributed by atoms with E-state index in [1.165, 1.54) is 11.3 Å². The molecule has 0 aliphatic carbocycles. The van der Waals surface area contributed by atoms with Gasteiger partial charge in [-0.25, -0.2) is 0 Å². The molecule has 1 N–H and O–H groups in total. The van der Waals surface area contributed by atoms with Gasteiger partial charge in [0.05, 0.1) is 6.54 Å². The number of hydrogen-bond donors (Lipinski definition) is 1. The second-order valence-electron chi connectivity index (χ2n) is 7.14. The number of carbonyl (C=O) groups excluding carboxylic acids is 1. The zero-order valence-corrected chi connectivity index (χ0v) is 14.1. The van der Waals surface area contributed by atoms with E-state index in [4.69, 9.17) is 0 Å². The maximum Gasteiger partial charge on any atom is 0.243 e. The van der Waals surface area contributed by atoms with Crippen LogP contribution in [0.5, 0.6) is 0 Å². The summed E-state index contributed by atoms with van der Waals surface area (Å²) < 4.78 is 0. The van der Waals surface area contributed by atoms with E-state index < -0.39 is 0 Å². The Morgan fingerprint density at radius 2 is 1.78 bits per heavy atom. The van der Waals surface area contributed by atoms with Crippen LogP contribution in [-0.2, 0) is 16.6 Å². The van der Waals surface area contributed by atoms with Crippen LogP contribution in [0.2, 0.25) is 0 Å². The van der Waals surface area contributed by atoms with Crippen LogP contribution < -0.4 is 10.2 Å². The number of hydrogen-bond acceptors (Lipinski definition) is 2. The van der Waals surface area contributed by atoms with Crippen molar-refractivity contribution >= 4 is 17.3 Å². The van der Waals surface area contributed by atoms with E-state index in [9.17, 15) is 4.79 Å². The molecule has 0 saturated carbocycles. The molecule has 0 saturated heterocycles. The lowest BCUT2D eigenvalue weighted by atomic mass is 9.86. The average molecular weight is 308 g/mol. The number of carbonyl (C=O) groups is 1. The predicted molar refractivity (Wildman–Crippen MR) is 96.1 cm³/mol. The maximum absolute atomic E-state index is 12.5. The second-order valence-corrected chi connectivity index (χ2v) is 7.14. The zero-order chi connectivity index (χ0) is 16.4. The highest BCUT2D eigenvalue weighted by Crippen LogP contribution is 2.30. The van der Waals surface area contributed by atoms with Gasteiger partial charge in [-0.3, -0.25) is 4.79 Å². The van der Waals surface area contributed by atoms with Gasteiger partial charge in [-0.05, 0) is 35.1 Å². The van der Waals surface area contributed by atoms with Crippen LogP contribution in [0.15, 0.2) is 48.5 Å². The number of benzene rings is 2. The predicted octanol–water partition coefficient (Wildman–Crippen LogP) is 3.99. The Bertz CT molecular complexity index is 716. The Morgan fingerprint density at radius 3 is 2.57 bits per heavy atom. The summed E-state index contributed by atoms with van der Waals surface area (Å²) in [4.78, 5) is 14.7. The fraction of sp³-hybridized carbons (Fsp3) is 0.350. The smallest absolute Gasteiger partial charge is 0.243 e. The fourth-order valence-corrected chi connectivity index (χ4v) is 3.18. The first-order chi connectivity index (χ1) is 10.9. The second kappa shape index (κ2) is 6.07. The molecule has 0 radical (unpaired) electrons. The molecule has 0 bridgehead atoms. The van der Waals surface area contributed by atoms with Crippen LogP contribution in [0.25, 0.3) is 0 Å².